The topological polar surface area (TPSA) is 25.9 Å². The molecule has 122 valence electrons. The van der Waals surface area contributed by atoms with Crippen LogP contribution in [0.2, 0.25) is 0 Å². The molecule has 4 aromatic rings. The van der Waals surface area contributed by atoms with Crippen LogP contribution in [0.3, 0.4) is 0 Å². The highest BCUT2D eigenvalue weighted by Gasteiger charge is 2.08. The summed E-state index contributed by atoms with van der Waals surface area (Å²) in [6.07, 6.45) is 9.22. The van der Waals surface area contributed by atoms with E-state index in [0.717, 1.165) is 17.4 Å². The number of benzene rings is 2. The number of hydrogen-bond donors (Lipinski definition) is 0. The van der Waals surface area contributed by atoms with Gasteiger partial charge >= 0.3 is 0 Å². The lowest BCUT2D eigenvalue weighted by atomic mass is 10.1. The molecule has 0 saturated carbocycles. The van der Waals surface area contributed by atoms with Crippen LogP contribution in [-0.2, 0) is 14.1 Å². The number of aromatic nitrogens is 2. The Morgan fingerprint density at radius 3 is 2.00 bits per heavy atom. The van der Waals surface area contributed by atoms with E-state index in [4.69, 9.17) is 0 Å². The Hall–Kier alpha value is -3.20. The number of fused-ring (bicyclic) bond motifs is 3. The van der Waals surface area contributed by atoms with Crippen molar-refractivity contribution in [2.45, 2.75) is 0 Å². The lowest BCUT2D eigenvalue weighted by Crippen LogP contribution is -2.25. The maximum absolute atomic E-state index is 11.1. The quantitative estimate of drug-likeness (QED) is 0.410. The van der Waals surface area contributed by atoms with Crippen molar-refractivity contribution >= 4 is 40.2 Å². The minimum atomic E-state index is 0.704. The highest BCUT2D eigenvalue weighted by atomic mass is 16.1. The van der Waals surface area contributed by atoms with Crippen molar-refractivity contribution in [2.75, 3.05) is 0 Å². The Bertz CT molecular complexity index is 1120. The van der Waals surface area contributed by atoms with Crippen LogP contribution in [0.15, 0.2) is 60.9 Å². The molecule has 2 heterocycles. The molecular weight excluding hydrogens is 308 g/mol. The van der Waals surface area contributed by atoms with Gasteiger partial charge in [-0.05, 0) is 23.3 Å². The van der Waals surface area contributed by atoms with Gasteiger partial charge in [0.15, 0.2) is 12.4 Å². The number of nitrogens with zero attached hydrogens (tertiary/aromatic N) is 2. The van der Waals surface area contributed by atoms with Crippen LogP contribution in [0.25, 0.3) is 34.0 Å². The maximum atomic E-state index is 11.1. The molecular formula is C22H19N2O+. The molecule has 0 saturated heterocycles. The van der Waals surface area contributed by atoms with E-state index in [1.54, 1.807) is 0 Å². The molecule has 0 spiro atoms. The minimum Gasteiger partial charge on any atom is -0.344 e. The van der Waals surface area contributed by atoms with Gasteiger partial charge in [-0.3, -0.25) is 4.79 Å². The molecule has 3 nitrogen and oxygen atoms in total. The molecule has 0 aliphatic rings. The third-order valence-electron chi connectivity index (χ3n) is 4.67. The zero-order valence-electron chi connectivity index (χ0n) is 14.3. The fourth-order valence-electron chi connectivity index (χ4n) is 3.23. The fourth-order valence-corrected chi connectivity index (χ4v) is 3.23. The molecule has 0 bridgehead atoms. The van der Waals surface area contributed by atoms with Gasteiger partial charge in [-0.15, -0.1) is 0 Å². The van der Waals surface area contributed by atoms with Gasteiger partial charge in [0.2, 0.25) is 0 Å². The third kappa shape index (κ3) is 2.74. The highest BCUT2D eigenvalue weighted by Crippen LogP contribution is 2.29. The van der Waals surface area contributed by atoms with Crippen LogP contribution in [0.4, 0.5) is 0 Å². The average molecular weight is 327 g/mol. The van der Waals surface area contributed by atoms with Crippen LogP contribution < -0.4 is 4.57 Å². The first-order valence-corrected chi connectivity index (χ1v) is 8.26. The second-order valence-electron chi connectivity index (χ2n) is 6.36. The number of pyridine rings is 1. The van der Waals surface area contributed by atoms with E-state index in [-0.39, 0.29) is 0 Å². The van der Waals surface area contributed by atoms with Gasteiger partial charge in [-0.1, -0.05) is 36.4 Å². The van der Waals surface area contributed by atoms with Gasteiger partial charge in [-0.25, -0.2) is 4.57 Å². The third-order valence-corrected chi connectivity index (χ3v) is 4.67. The molecule has 0 atom stereocenters. The zero-order chi connectivity index (χ0) is 17.4. The van der Waals surface area contributed by atoms with Crippen LogP contribution in [0.5, 0.6) is 0 Å². The zero-order valence-corrected chi connectivity index (χ0v) is 14.3. The Morgan fingerprint density at radius 2 is 1.36 bits per heavy atom. The number of aldehydes is 1. The van der Waals surface area contributed by atoms with Crippen molar-refractivity contribution in [3.05, 3.63) is 77.6 Å². The van der Waals surface area contributed by atoms with Gasteiger partial charge in [-0.2, -0.15) is 0 Å². The number of carbonyl (C=O) groups is 1. The lowest BCUT2D eigenvalue weighted by Gasteiger charge is -2.00. The standard InChI is InChI=1S/C22H19N2O/c1-23-11-9-16(10-12-23)3-4-17-5-7-19-20-8-6-18(15-25)14-22(20)24(2)21(19)13-17/h3-15H,1-2H3/q+1. The highest BCUT2D eigenvalue weighted by molar-refractivity contribution is 6.09. The van der Waals surface area contributed by atoms with Gasteiger partial charge in [0.1, 0.15) is 13.3 Å². The van der Waals surface area contributed by atoms with Crippen molar-refractivity contribution in [3.8, 4) is 0 Å². The first-order valence-electron chi connectivity index (χ1n) is 8.26. The molecule has 0 aliphatic heterocycles. The Labute approximate surface area is 146 Å². The number of aryl methyl sites for hydroxylation is 2. The Morgan fingerprint density at radius 1 is 0.800 bits per heavy atom. The van der Waals surface area contributed by atoms with E-state index >= 15 is 0 Å². The molecule has 25 heavy (non-hydrogen) atoms. The molecule has 3 heteroatoms. The van der Waals surface area contributed by atoms with Crippen LogP contribution in [-0.4, -0.2) is 10.9 Å². The molecule has 0 unspecified atom stereocenters. The summed E-state index contributed by atoms with van der Waals surface area (Å²) in [7, 11) is 4.06. The smallest absolute Gasteiger partial charge is 0.169 e. The molecule has 0 fully saturated rings. The first-order chi connectivity index (χ1) is 12.2. The number of hydrogen-bond acceptors (Lipinski definition) is 1. The van der Waals surface area contributed by atoms with Gasteiger partial charge in [0.25, 0.3) is 0 Å². The SMILES string of the molecule is Cn1c2cc(C=O)ccc2c2ccc(/C=C/c3cc[n+](C)cc3)cc21. The van der Waals surface area contributed by atoms with E-state index in [2.05, 4.69) is 47.1 Å². The van der Waals surface area contributed by atoms with Crippen LogP contribution >= 0.6 is 0 Å². The van der Waals surface area contributed by atoms with Crippen molar-refractivity contribution in [2.24, 2.45) is 14.1 Å². The summed E-state index contributed by atoms with van der Waals surface area (Å²) in [5.41, 5.74) is 5.28. The fraction of sp³-hybridized carbons (Fsp3) is 0.0909. The summed E-state index contributed by atoms with van der Waals surface area (Å²) in [6.45, 7) is 0. The van der Waals surface area contributed by atoms with E-state index in [1.807, 2.05) is 49.3 Å². The van der Waals surface area contributed by atoms with Crippen molar-refractivity contribution in [1.82, 2.24) is 4.57 Å². The second kappa shape index (κ2) is 6.02. The number of rotatable bonds is 3. The number of carbonyl (C=O) groups excluding carboxylic acids is 1. The Balaban J connectivity index is 1.79. The average Bonchev–Trinajstić information content (AvgIpc) is 2.93. The summed E-state index contributed by atoms with van der Waals surface area (Å²) in [5, 5.41) is 2.38. The second-order valence-corrected chi connectivity index (χ2v) is 6.36. The summed E-state index contributed by atoms with van der Waals surface area (Å²) < 4.78 is 4.17. The summed E-state index contributed by atoms with van der Waals surface area (Å²) in [6, 6.07) is 16.5. The largest absolute Gasteiger partial charge is 0.344 e. The maximum Gasteiger partial charge on any atom is 0.169 e. The van der Waals surface area contributed by atoms with Crippen molar-refractivity contribution in [1.29, 1.82) is 0 Å². The van der Waals surface area contributed by atoms with Crippen LogP contribution in [0, 0.1) is 0 Å². The minimum absolute atomic E-state index is 0.704. The predicted molar refractivity (Wildman–Crippen MR) is 102 cm³/mol. The lowest BCUT2D eigenvalue weighted by molar-refractivity contribution is -0.671. The molecule has 0 N–H and O–H groups in total. The Kier molecular flexibility index (Phi) is 3.69. The van der Waals surface area contributed by atoms with Gasteiger partial charge in [0, 0.05) is 46.5 Å². The summed E-state index contributed by atoms with van der Waals surface area (Å²) in [4.78, 5) is 11.1. The van der Waals surface area contributed by atoms with Crippen molar-refractivity contribution in [3.63, 3.8) is 0 Å². The van der Waals surface area contributed by atoms with Crippen molar-refractivity contribution < 1.29 is 9.36 Å². The van der Waals surface area contributed by atoms with E-state index in [0.29, 0.717) is 5.56 Å². The summed E-state index contributed by atoms with van der Waals surface area (Å²) in [5.74, 6) is 0. The molecule has 0 amide bonds. The first kappa shape index (κ1) is 15.3. The van der Waals surface area contributed by atoms with Gasteiger partial charge < -0.3 is 4.57 Å². The monoisotopic (exact) mass is 327 g/mol. The molecule has 0 radical (unpaired) electrons. The van der Waals surface area contributed by atoms with E-state index in [1.165, 1.54) is 21.9 Å². The van der Waals surface area contributed by atoms with E-state index < -0.39 is 0 Å². The summed E-state index contributed by atoms with van der Waals surface area (Å²) >= 11 is 0. The predicted octanol–water partition coefficient (Wildman–Crippen LogP) is 4.14. The normalized spacial score (nSPS) is 11.6. The van der Waals surface area contributed by atoms with Gasteiger partial charge in [0.05, 0.1) is 0 Å². The molecule has 2 aromatic carbocycles. The van der Waals surface area contributed by atoms with E-state index in [9.17, 15) is 4.79 Å². The molecule has 4 rings (SSSR count). The molecule has 0 aliphatic carbocycles. The van der Waals surface area contributed by atoms with Crippen LogP contribution in [0.1, 0.15) is 21.5 Å². The molecule has 2 aromatic heterocycles.